The monoisotopic (exact) mass is 243 g/mol. The predicted molar refractivity (Wildman–Crippen MR) is 74.5 cm³/mol. The van der Waals surface area contributed by atoms with Gasteiger partial charge in [0.15, 0.2) is 0 Å². The Morgan fingerprint density at radius 2 is 2.06 bits per heavy atom. The van der Waals surface area contributed by atoms with Crippen molar-refractivity contribution in [1.82, 2.24) is 15.1 Å². The summed E-state index contributed by atoms with van der Waals surface area (Å²) in [5.41, 5.74) is 2.73. The number of aromatic nitrogens is 2. The number of nitrogens with zero attached hydrogens (tertiary/aromatic N) is 2. The summed E-state index contributed by atoms with van der Waals surface area (Å²) in [6.07, 6.45) is 6.17. The van der Waals surface area contributed by atoms with E-state index in [4.69, 9.17) is 0 Å². The second-order valence-corrected chi connectivity index (χ2v) is 4.56. The summed E-state index contributed by atoms with van der Waals surface area (Å²) >= 11 is 0. The molecule has 1 atom stereocenters. The molecule has 1 unspecified atom stereocenters. The molecule has 0 radical (unpaired) electrons. The van der Waals surface area contributed by atoms with Crippen molar-refractivity contribution in [3.05, 3.63) is 53.9 Å². The largest absolute Gasteiger partial charge is 0.311 e. The molecule has 96 valence electrons. The number of rotatable bonds is 6. The molecule has 18 heavy (non-hydrogen) atoms. The molecule has 0 aliphatic rings. The van der Waals surface area contributed by atoms with E-state index in [-0.39, 0.29) is 0 Å². The molecule has 1 aromatic carbocycles. The molecule has 0 fully saturated rings. The third-order valence-electron chi connectivity index (χ3n) is 3.20. The third kappa shape index (κ3) is 3.20. The standard InChI is InChI=1S/C15H21N3/c1-3-5-13-6-8-14(9-7-13)15(16-2)12-18-11-4-10-17-18/h4,6-11,15-16H,3,5,12H2,1-2H3. The first-order chi connectivity index (χ1) is 8.83. The van der Waals surface area contributed by atoms with Crippen molar-refractivity contribution >= 4 is 0 Å². The lowest BCUT2D eigenvalue weighted by Gasteiger charge is -2.17. The first-order valence-corrected chi connectivity index (χ1v) is 6.57. The summed E-state index contributed by atoms with van der Waals surface area (Å²) in [7, 11) is 1.99. The van der Waals surface area contributed by atoms with Gasteiger partial charge in [0.25, 0.3) is 0 Å². The van der Waals surface area contributed by atoms with Gasteiger partial charge in [0.05, 0.1) is 12.6 Å². The van der Waals surface area contributed by atoms with Crippen LogP contribution in [-0.2, 0) is 13.0 Å². The normalized spacial score (nSPS) is 12.6. The van der Waals surface area contributed by atoms with Gasteiger partial charge in [-0.3, -0.25) is 4.68 Å². The van der Waals surface area contributed by atoms with E-state index >= 15 is 0 Å². The average Bonchev–Trinajstić information content (AvgIpc) is 2.90. The molecule has 2 aromatic rings. The van der Waals surface area contributed by atoms with E-state index in [0.29, 0.717) is 6.04 Å². The van der Waals surface area contributed by atoms with Gasteiger partial charge in [-0.25, -0.2) is 0 Å². The number of benzene rings is 1. The minimum absolute atomic E-state index is 0.306. The van der Waals surface area contributed by atoms with Gasteiger partial charge in [0.2, 0.25) is 0 Å². The van der Waals surface area contributed by atoms with Crippen LogP contribution in [0.5, 0.6) is 0 Å². The van der Waals surface area contributed by atoms with Crippen LogP contribution in [0.2, 0.25) is 0 Å². The summed E-state index contributed by atoms with van der Waals surface area (Å²) in [6.45, 7) is 3.07. The molecule has 0 aliphatic heterocycles. The van der Waals surface area contributed by atoms with Crippen LogP contribution >= 0.6 is 0 Å². The van der Waals surface area contributed by atoms with Crippen molar-refractivity contribution in [3.8, 4) is 0 Å². The molecule has 1 aromatic heterocycles. The highest BCUT2D eigenvalue weighted by Gasteiger charge is 2.09. The predicted octanol–water partition coefficient (Wildman–Crippen LogP) is 2.80. The topological polar surface area (TPSA) is 29.9 Å². The first kappa shape index (κ1) is 12.8. The van der Waals surface area contributed by atoms with Crippen LogP contribution in [0.4, 0.5) is 0 Å². The van der Waals surface area contributed by atoms with E-state index in [1.807, 2.05) is 30.2 Å². The molecular weight excluding hydrogens is 222 g/mol. The van der Waals surface area contributed by atoms with E-state index in [1.54, 1.807) is 0 Å². The molecule has 0 saturated carbocycles. The smallest absolute Gasteiger partial charge is 0.0604 e. The molecule has 1 heterocycles. The zero-order valence-electron chi connectivity index (χ0n) is 11.1. The Bertz CT molecular complexity index is 445. The van der Waals surface area contributed by atoms with Crippen molar-refractivity contribution in [2.75, 3.05) is 7.05 Å². The summed E-state index contributed by atoms with van der Waals surface area (Å²) in [4.78, 5) is 0. The van der Waals surface area contributed by atoms with Crippen LogP contribution in [0.25, 0.3) is 0 Å². The van der Waals surface area contributed by atoms with Crippen LogP contribution in [0.3, 0.4) is 0 Å². The highest BCUT2D eigenvalue weighted by molar-refractivity contribution is 5.25. The number of nitrogens with one attached hydrogen (secondary N) is 1. The highest BCUT2D eigenvalue weighted by atomic mass is 15.3. The van der Waals surface area contributed by atoms with E-state index in [9.17, 15) is 0 Å². The fourth-order valence-corrected chi connectivity index (χ4v) is 2.16. The highest BCUT2D eigenvalue weighted by Crippen LogP contribution is 2.16. The number of aryl methyl sites for hydroxylation is 1. The third-order valence-corrected chi connectivity index (χ3v) is 3.20. The Kier molecular flexibility index (Phi) is 4.53. The Morgan fingerprint density at radius 1 is 1.28 bits per heavy atom. The van der Waals surface area contributed by atoms with Crippen LogP contribution in [0.1, 0.15) is 30.5 Å². The molecule has 2 rings (SSSR count). The Morgan fingerprint density at radius 3 is 2.61 bits per heavy atom. The molecule has 0 bridgehead atoms. The Balaban J connectivity index is 2.07. The van der Waals surface area contributed by atoms with Crippen LogP contribution in [0, 0.1) is 0 Å². The second-order valence-electron chi connectivity index (χ2n) is 4.56. The molecule has 1 N–H and O–H groups in total. The van der Waals surface area contributed by atoms with E-state index < -0.39 is 0 Å². The maximum absolute atomic E-state index is 4.25. The summed E-state index contributed by atoms with van der Waals surface area (Å²) < 4.78 is 1.96. The van der Waals surface area contributed by atoms with Gasteiger partial charge in [0, 0.05) is 12.4 Å². The fraction of sp³-hybridized carbons (Fsp3) is 0.400. The number of hydrogen-bond donors (Lipinski definition) is 1. The maximum atomic E-state index is 4.25. The first-order valence-electron chi connectivity index (χ1n) is 6.57. The number of likely N-dealkylation sites (N-methyl/N-ethyl adjacent to an activating group) is 1. The maximum Gasteiger partial charge on any atom is 0.0604 e. The van der Waals surface area contributed by atoms with E-state index in [0.717, 1.165) is 13.0 Å². The van der Waals surface area contributed by atoms with E-state index in [2.05, 4.69) is 41.6 Å². The Hall–Kier alpha value is -1.61. The SMILES string of the molecule is CCCc1ccc(C(Cn2cccn2)NC)cc1. The zero-order chi connectivity index (χ0) is 12.8. The van der Waals surface area contributed by atoms with Gasteiger partial charge in [-0.15, -0.1) is 0 Å². The average molecular weight is 243 g/mol. The van der Waals surface area contributed by atoms with Gasteiger partial charge < -0.3 is 5.32 Å². The molecule has 0 saturated heterocycles. The van der Waals surface area contributed by atoms with E-state index in [1.165, 1.54) is 17.5 Å². The fourth-order valence-electron chi connectivity index (χ4n) is 2.16. The van der Waals surface area contributed by atoms with Gasteiger partial charge in [-0.2, -0.15) is 5.10 Å². The molecule has 3 heteroatoms. The molecule has 0 spiro atoms. The number of hydrogen-bond acceptors (Lipinski definition) is 2. The van der Waals surface area contributed by atoms with Crippen molar-refractivity contribution in [1.29, 1.82) is 0 Å². The van der Waals surface area contributed by atoms with Gasteiger partial charge >= 0.3 is 0 Å². The molecule has 0 amide bonds. The molecule has 0 aliphatic carbocycles. The van der Waals surface area contributed by atoms with Gasteiger partial charge in [-0.05, 0) is 30.7 Å². The minimum atomic E-state index is 0.306. The van der Waals surface area contributed by atoms with Crippen molar-refractivity contribution in [3.63, 3.8) is 0 Å². The van der Waals surface area contributed by atoms with Gasteiger partial charge in [-0.1, -0.05) is 37.6 Å². The lowest BCUT2D eigenvalue weighted by atomic mass is 10.0. The summed E-state index contributed by atoms with van der Waals surface area (Å²) in [6, 6.07) is 11.2. The van der Waals surface area contributed by atoms with Crippen LogP contribution < -0.4 is 5.32 Å². The minimum Gasteiger partial charge on any atom is -0.311 e. The quantitative estimate of drug-likeness (QED) is 0.845. The Labute approximate surface area is 109 Å². The lowest BCUT2D eigenvalue weighted by Crippen LogP contribution is -2.22. The van der Waals surface area contributed by atoms with Crippen LogP contribution in [-0.4, -0.2) is 16.8 Å². The van der Waals surface area contributed by atoms with Crippen LogP contribution in [0.15, 0.2) is 42.7 Å². The molecular formula is C15H21N3. The summed E-state index contributed by atoms with van der Waals surface area (Å²) in [5, 5.41) is 7.60. The van der Waals surface area contributed by atoms with Crippen molar-refractivity contribution in [2.24, 2.45) is 0 Å². The summed E-state index contributed by atoms with van der Waals surface area (Å²) in [5.74, 6) is 0. The van der Waals surface area contributed by atoms with Crippen molar-refractivity contribution in [2.45, 2.75) is 32.4 Å². The van der Waals surface area contributed by atoms with Crippen molar-refractivity contribution < 1.29 is 0 Å². The molecule has 3 nitrogen and oxygen atoms in total. The van der Waals surface area contributed by atoms with Gasteiger partial charge in [0.1, 0.15) is 0 Å². The zero-order valence-corrected chi connectivity index (χ0v) is 11.1. The second kappa shape index (κ2) is 6.36. The lowest BCUT2D eigenvalue weighted by molar-refractivity contribution is 0.468.